The first-order chi connectivity index (χ1) is 8.55. The Labute approximate surface area is 114 Å². The van der Waals surface area contributed by atoms with Crippen LogP contribution in [-0.2, 0) is 4.74 Å². The van der Waals surface area contributed by atoms with Gasteiger partial charge in [0, 0.05) is 6.54 Å². The molecule has 18 heavy (non-hydrogen) atoms. The Morgan fingerprint density at radius 3 is 3.17 bits per heavy atom. The molecule has 1 unspecified atom stereocenters. The molecule has 1 aliphatic rings. The molecule has 96 valence electrons. The summed E-state index contributed by atoms with van der Waals surface area (Å²) in [6.45, 7) is 3.80. The van der Waals surface area contributed by atoms with E-state index in [0.717, 1.165) is 22.6 Å². The number of nitrogens with zero attached hydrogens (tertiary/aromatic N) is 3. The Morgan fingerprint density at radius 2 is 2.39 bits per heavy atom. The fourth-order valence-corrected chi connectivity index (χ4v) is 3.13. The first-order valence-electron chi connectivity index (χ1n) is 5.64. The van der Waals surface area contributed by atoms with Gasteiger partial charge in [0.05, 0.1) is 23.4 Å². The third-order valence-electron chi connectivity index (χ3n) is 2.86. The van der Waals surface area contributed by atoms with Crippen LogP contribution in [0.4, 0.5) is 5.82 Å². The maximum absolute atomic E-state index is 6.03. The molecule has 2 aromatic heterocycles. The summed E-state index contributed by atoms with van der Waals surface area (Å²) in [5.74, 6) is 0.847. The smallest absolute Gasteiger partial charge is 0.224 e. The summed E-state index contributed by atoms with van der Waals surface area (Å²) in [4.78, 5) is 10.7. The average molecular weight is 285 g/mol. The van der Waals surface area contributed by atoms with Crippen molar-refractivity contribution in [1.29, 1.82) is 0 Å². The van der Waals surface area contributed by atoms with E-state index in [1.165, 1.54) is 0 Å². The lowest BCUT2D eigenvalue weighted by Crippen LogP contribution is -2.56. The third-order valence-corrected chi connectivity index (χ3v) is 3.92. The molecule has 1 atom stereocenters. The molecule has 3 heterocycles. The van der Waals surface area contributed by atoms with E-state index in [1.54, 1.807) is 11.3 Å². The minimum Gasteiger partial charge on any atom is -0.357 e. The number of anilines is 1. The SMILES string of the molecule is CC1(N)CN(c2nc(Cl)nc3ccsc23)CCO1. The molecule has 1 fully saturated rings. The summed E-state index contributed by atoms with van der Waals surface area (Å²) < 4.78 is 6.54. The minimum absolute atomic E-state index is 0.265. The second kappa shape index (κ2) is 4.31. The number of halogens is 1. The van der Waals surface area contributed by atoms with Gasteiger partial charge in [-0.1, -0.05) is 0 Å². The van der Waals surface area contributed by atoms with Gasteiger partial charge in [-0.15, -0.1) is 11.3 Å². The van der Waals surface area contributed by atoms with Crippen LogP contribution >= 0.6 is 22.9 Å². The standard InChI is InChI=1S/C11H13ClN4OS/c1-11(13)6-16(3-4-17-11)9-8-7(2-5-18-8)14-10(12)15-9/h2,5H,3-4,6,13H2,1H3. The third kappa shape index (κ3) is 2.16. The summed E-state index contributed by atoms with van der Waals surface area (Å²) in [6, 6.07) is 1.94. The van der Waals surface area contributed by atoms with E-state index >= 15 is 0 Å². The van der Waals surface area contributed by atoms with Gasteiger partial charge in [0.15, 0.2) is 5.82 Å². The van der Waals surface area contributed by atoms with Crippen molar-refractivity contribution in [2.75, 3.05) is 24.6 Å². The average Bonchev–Trinajstić information content (AvgIpc) is 2.74. The summed E-state index contributed by atoms with van der Waals surface area (Å²) in [7, 11) is 0. The molecule has 0 bridgehead atoms. The highest BCUT2D eigenvalue weighted by Crippen LogP contribution is 2.31. The summed E-state index contributed by atoms with van der Waals surface area (Å²) in [6.07, 6.45) is 0. The lowest BCUT2D eigenvalue weighted by Gasteiger charge is -2.38. The van der Waals surface area contributed by atoms with Gasteiger partial charge in [0.2, 0.25) is 5.28 Å². The van der Waals surface area contributed by atoms with Crippen LogP contribution in [0.15, 0.2) is 11.4 Å². The van der Waals surface area contributed by atoms with E-state index in [4.69, 9.17) is 22.1 Å². The van der Waals surface area contributed by atoms with Crippen molar-refractivity contribution in [3.63, 3.8) is 0 Å². The molecule has 5 nitrogen and oxygen atoms in total. The molecule has 2 aromatic rings. The Bertz CT molecular complexity index is 585. The first kappa shape index (κ1) is 12.1. The summed E-state index contributed by atoms with van der Waals surface area (Å²) in [5, 5.41) is 2.25. The molecule has 7 heteroatoms. The Balaban J connectivity index is 2.05. The van der Waals surface area contributed by atoms with Crippen molar-refractivity contribution in [1.82, 2.24) is 9.97 Å². The minimum atomic E-state index is -0.654. The number of hydrogen-bond donors (Lipinski definition) is 1. The van der Waals surface area contributed by atoms with Crippen LogP contribution in [0.25, 0.3) is 10.2 Å². The number of nitrogens with two attached hydrogens (primary N) is 1. The van der Waals surface area contributed by atoms with Gasteiger partial charge in [-0.05, 0) is 30.0 Å². The van der Waals surface area contributed by atoms with Crippen LogP contribution in [-0.4, -0.2) is 35.4 Å². The van der Waals surface area contributed by atoms with Crippen LogP contribution in [0.2, 0.25) is 5.28 Å². The van der Waals surface area contributed by atoms with Crippen LogP contribution in [0.1, 0.15) is 6.92 Å². The Kier molecular flexibility index (Phi) is 2.90. The molecular weight excluding hydrogens is 272 g/mol. The number of thiophene rings is 1. The number of aromatic nitrogens is 2. The number of morpholine rings is 1. The van der Waals surface area contributed by atoms with Crippen molar-refractivity contribution in [2.24, 2.45) is 5.73 Å². The molecule has 0 aliphatic carbocycles. The molecule has 0 radical (unpaired) electrons. The van der Waals surface area contributed by atoms with Crippen LogP contribution in [0.5, 0.6) is 0 Å². The van der Waals surface area contributed by atoms with Gasteiger partial charge in [-0.2, -0.15) is 4.98 Å². The molecule has 0 aromatic carbocycles. The van der Waals surface area contributed by atoms with E-state index in [1.807, 2.05) is 18.4 Å². The van der Waals surface area contributed by atoms with Gasteiger partial charge in [0.1, 0.15) is 5.72 Å². The second-order valence-electron chi connectivity index (χ2n) is 4.53. The molecule has 1 saturated heterocycles. The van der Waals surface area contributed by atoms with Crippen molar-refractivity contribution in [2.45, 2.75) is 12.6 Å². The zero-order valence-corrected chi connectivity index (χ0v) is 11.5. The molecule has 1 aliphatic heterocycles. The molecular formula is C11H13ClN4OS. The number of ether oxygens (including phenoxy) is 1. The van der Waals surface area contributed by atoms with Gasteiger partial charge in [-0.3, -0.25) is 0 Å². The van der Waals surface area contributed by atoms with Gasteiger partial charge < -0.3 is 15.4 Å². The molecule has 0 saturated carbocycles. The van der Waals surface area contributed by atoms with Crippen molar-refractivity contribution < 1.29 is 4.74 Å². The first-order valence-corrected chi connectivity index (χ1v) is 6.89. The van der Waals surface area contributed by atoms with Crippen LogP contribution in [0.3, 0.4) is 0 Å². The highest BCUT2D eigenvalue weighted by Gasteiger charge is 2.29. The van der Waals surface area contributed by atoms with Crippen molar-refractivity contribution >= 4 is 39.0 Å². The number of rotatable bonds is 1. The predicted molar refractivity (Wildman–Crippen MR) is 73.2 cm³/mol. The molecule has 3 rings (SSSR count). The summed E-state index contributed by atoms with van der Waals surface area (Å²) >= 11 is 7.57. The van der Waals surface area contributed by atoms with E-state index in [0.29, 0.717) is 13.2 Å². The fourth-order valence-electron chi connectivity index (χ4n) is 2.11. The monoisotopic (exact) mass is 284 g/mol. The predicted octanol–water partition coefficient (Wildman–Crippen LogP) is 1.86. The van der Waals surface area contributed by atoms with Crippen molar-refractivity contribution in [3.8, 4) is 0 Å². The van der Waals surface area contributed by atoms with E-state index in [9.17, 15) is 0 Å². The topological polar surface area (TPSA) is 64.3 Å². The molecule has 0 spiro atoms. The zero-order chi connectivity index (χ0) is 12.8. The van der Waals surface area contributed by atoms with Crippen LogP contribution in [0, 0.1) is 0 Å². The lowest BCUT2D eigenvalue weighted by atomic mass is 10.2. The van der Waals surface area contributed by atoms with E-state index < -0.39 is 5.72 Å². The molecule has 0 amide bonds. The normalized spacial score (nSPS) is 24.7. The fraction of sp³-hybridized carbons (Fsp3) is 0.455. The van der Waals surface area contributed by atoms with E-state index in [-0.39, 0.29) is 5.28 Å². The quantitative estimate of drug-likeness (QED) is 0.810. The van der Waals surface area contributed by atoms with E-state index in [2.05, 4.69) is 14.9 Å². The molecule has 2 N–H and O–H groups in total. The van der Waals surface area contributed by atoms with Crippen molar-refractivity contribution in [3.05, 3.63) is 16.7 Å². The highest BCUT2D eigenvalue weighted by atomic mass is 35.5. The Morgan fingerprint density at radius 1 is 1.56 bits per heavy atom. The Hall–Kier alpha value is -0.950. The number of hydrogen-bond acceptors (Lipinski definition) is 6. The number of fused-ring (bicyclic) bond motifs is 1. The second-order valence-corrected chi connectivity index (χ2v) is 5.79. The maximum atomic E-state index is 6.03. The van der Waals surface area contributed by atoms with Gasteiger partial charge in [-0.25, -0.2) is 4.98 Å². The largest absolute Gasteiger partial charge is 0.357 e. The summed E-state index contributed by atoms with van der Waals surface area (Å²) in [5.41, 5.74) is 6.25. The van der Waals surface area contributed by atoms with Crippen LogP contribution < -0.4 is 10.6 Å². The van der Waals surface area contributed by atoms with Gasteiger partial charge >= 0.3 is 0 Å². The zero-order valence-electron chi connectivity index (χ0n) is 9.89. The maximum Gasteiger partial charge on any atom is 0.224 e. The lowest BCUT2D eigenvalue weighted by molar-refractivity contribution is -0.0371. The van der Waals surface area contributed by atoms with Gasteiger partial charge in [0.25, 0.3) is 0 Å². The highest BCUT2D eigenvalue weighted by molar-refractivity contribution is 7.17.